The molecule has 1 amide bonds. The lowest BCUT2D eigenvalue weighted by atomic mass is 10.1. The van der Waals surface area contributed by atoms with Gasteiger partial charge in [-0.05, 0) is 23.6 Å². The summed E-state index contributed by atoms with van der Waals surface area (Å²) in [6, 6.07) is 13.4. The van der Waals surface area contributed by atoms with Crippen LogP contribution >= 0.6 is 22.9 Å². The molecule has 2 aromatic heterocycles. The molecule has 3 rings (SSSR count). The maximum atomic E-state index is 12.9. The summed E-state index contributed by atoms with van der Waals surface area (Å²) in [5.41, 5.74) is 1.44. The molecule has 0 aliphatic rings. The number of hydrogen-bond acceptors (Lipinski definition) is 3. The van der Waals surface area contributed by atoms with Crippen molar-refractivity contribution in [2.45, 2.75) is 13.1 Å². The third-order valence-electron chi connectivity index (χ3n) is 3.65. The number of carbonyl (C=O) groups is 1. The molecule has 0 aliphatic carbocycles. The second kappa shape index (κ2) is 7.55. The smallest absolute Gasteiger partial charge is 0.270 e. The zero-order chi connectivity index (χ0) is 16.9. The van der Waals surface area contributed by atoms with E-state index in [4.69, 9.17) is 16.3 Å². The average Bonchev–Trinajstić information content (AvgIpc) is 3.25. The first-order chi connectivity index (χ1) is 11.7. The number of nitrogens with zero attached hydrogens (tertiary/aromatic N) is 1. The summed E-state index contributed by atoms with van der Waals surface area (Å²) in [6.45, 7) is 0.989. The molecule has 6 heteroatoms. The second-order valence-corrected chi connectivity index (χ2v) is 6.75. The predicted molar refractivity (Wildman–Crippen MR) is 96.7 cm³/mol. The Labute approximate surface area is 149 Å². The summed E-state index contributed by atoms with van der Waals surface area (Å²) >= 11 is 7.57. The SMILES string of the molecule is COc1ccccc1CN(Cc1cccs1)C(=O)c1cc(Cl)c[nH]1. The number of amides is 1. The van der Waals surface area contributed by atoms with Crippen molar-refractivity contribution >= 4 is 28.8 Å². The van der Waals surface area contributed by atoms with E-state index < -0.39 is 0 Å². The Morgan fingerprint density at radius 2 is 2.08 bits per heavy atom. The molecule has 0 bridgehead atoms. The largest absolute Gasteiger partial charge is 0.496 e. The highest BCUT2D eigenvalue weighted by Gasteiger charge is 2.20. The molecule has 0 fully saturated rings. The summed E-state index contributed by atoms with van der Waals surface area (Å²) in [6.07, 6.45) is 1.61. The number of benzene rings is 1. The van der Waals surface area contributed by atoms with Crippen LogP contribution < -0.4 is 4.74 Å². The zero-order valence-corrected chi connectivity index (χ0v) is 14.7. The Hall–Kier alpha value is -2.24. The minimum absolute atomic E-state index is 0.0961. The summed E-state index contributed by atoms with van der Waals surface area (Å²) in [7, 11) is 1.63. The molecule has 0 radical (unpaired) electrons. The second-order valence-electron chi connectivity index (χ2n) is 5.28. The van der Waals surface area contributed by atoms with Gasteiger partial charge in [0.2, 0.25) is 0 Å². The van der Waals surface area contributed by atoms with Crippen LogP contribution in [0.25, 0.3) is 0 Å². The van der Waals surface area contributed by atoms with E-state index in [0.29, 0.717) is 23.8 Å². The third kappa shape index (κ3) is 3.80. The Balaban J connectivity index is 1.88. The van der Waals surface area contributed by atoms with Crippen molar-refractivity contribution in [2.75, 3.05) is 7.11 Å². The monoisotopic (exact) mass is 360 g/mol. The van der Waals surface area contributed by atoms with E-state index in [1.54, 1.807) is 35.6 Å². The van der Waals surface area contributed by atoms with Crippen LogP contribution in [-0.4, -0.2) is 22.9 Å². The van der Waals surface area contributed by atoms with Crippen LogP contribution in [0.15, 0.2) is 54.0 Å². The van der Waals surface area contributed by atoms with E-state index in [2.05, 4.69) is 4.98 Å². The molecule has 0 unspecified atom stereocenters. The third-order valence-corrected chi connectivity index (χ3v) is 4.73. The molecule has 2 heterocycles. The van der Waals surface area contributed by atoms with Crippen LogP contribution in [0, 0.1) is 0 Å². The van der Waals surface area contributed by atoms with Gasteiger partial charge in [0, 0.05) is 16.6 Å². The van der Waals surface area contributed by atoms with Crippen LogP contribution in [-0.2, 0) is 13.1 Å². The quantitative estimate of drug-likeness (QED) is 0.699. The number of para-hydroxylation sites is 1. The Morgan fingerprint density at radius 3 is 2.75 bits per heavy atom. The summed E-state index contributed by atoms with van der Waals surface area (Å²) < 4.78 is 5.41. The number of thiophene rings is 1. The molecular formula is C18H17ClN2O2S. The molecule has 0 spiro atoms. The van der Waals surface area contributed by atoms with Gasteiger partial charge in [-0.1, -0.05) is 35.9 Å². The van der Waals surface area contributed by atoms with Gasteiger partial charge >= 0.3 is 0 Å². The molecule has 1 aromatic carbocycles. The number of nitrogens with one attached hydrogen (secondary N) is 1. The summed E-state index contributed by atoms with van der Waals surface area (Å²) in [4.78, 5) is 18.7. The van der Waals surface area contributed by atoms with E-state index in [1.807, 2.05) is 41.8 Å². The first-order valence-corrected chi connectivity index (χ1v) is 8.70. The molecule has 3 aromatic rings. The first kappa shape index (κ1) is 16.6. The summed E-state index contributed by atoms with van der Waals surface area (Å²) in [5, 5.41) is 2.53. The lowest BCUT2D eigenvalue weighted by Gasteiger charge is -2.23. The molecule has 0 saturated carbocycles. The molecule has 0 aliphatic heterocycles. The van der Waals surface area contributed by atoms with Crippen molar-refractivity contribution in [2.24, 2.45) is 0 Å². The number of aromatic amines is 1. The lowest BCUT2D eigenvalue weighted by Crippen LogP contribution is -2.30. The van der Waals surface area contributed by atoms with Gasteiger partial charge in [0.15, 0.2) is 0 Å². The number of carbonyl (C=O) groups excluding carboxylic acids is 1. The van der Waals surface area contributed by atoms with Gasteiger partial charge in [0.25, 0.3) is 5.91 Å². The topological polar surface area (TPSA) is 45.3 Å². The number of H-pyrrole nitrogens is 1. The number of methoxy groups -OCH3 is 1. The molecule has 1 N–H and O–H groups in total. The molecule has 4 nitrogen and oxygen atoms in total. The summed E-state index contributed by atoms with van der Waals surface area (Å²) in [5.74, 6) is 0.673. The number of hydrogen-bond donors (Lipinski definition) is 1. The van der Waals surface area contributed by atoms with E-state index in [9.17, 15) is 4.79 Å². The van der Waals surface area contributed by atoms with Crippen molar-refractivity contribution in [3.05, 3.63) is 75.2 Å². The first-order valence-electron chi connectivity index (χ1n) is 7.45. The van der Waals surface area contributed by atoms with Crippen LogP contribution in [0.5, 0.6) is 5.75 Å². The van der Waals surface area contributed by atoms with Gasteiger partial charge in [-0.25, -0.2) is 0 Å². The molecule has 24 heavy (non-hydrogen) atoms. The van der Waals surface area contributed by atoms with Crippen molar-refractivity contribution in [3.63, 3.8) is 0 Å². The predicted octanol–water partition coefficient (Wildman–Crippen LogP) is 4.58. The number of ether oxygens (including phenoxy) is 1. The Kier molecular flexibility index (Phi) is 5.23. The lowest BCUT2D eigenvalue weighted by molar-refractivity contribution is 0.0725. The molecular weight excluding hydrogens is 344 g/mol. The van der Waals surface area contributed by atoms with E-state index in [-0.39, 0.29) is 5.91 Å². The van der Waals surface area contributed by atoms with Crippen LogP contribution in [0.2, 0.25) is 5.02 Å². The van der Waals surface area contributed by atoms with Gasteiger partial charge in [0.1, 0.15) is 11.4 Å². The fourth-order valence-electron chi connectivity index (χ4n) is 2.49. The molecule has 0 atom stereocenters. The number of aromatic nitrogens is 1. The number of halogens is 1. The van der Waals surface area contributed by atoms with Gasteiger partial charge in [0.05, 0.1) is 25.2 Å². The normalized spacial score (nSPS) is 10.6. The minimum atomic E-state index is -0.0961. The number of rotatable bonds is 6. The maximum Gasteiger partial charge on any atom is 0.270 e. The van der Waals surface area contributed by atoms with Crippen LogP contribution in [0.1, 0.15) is 20.9 Å². The van der Waals surface area contributed by atoms with Crippen molar-refractivity contribution in [3.8, 4) is 5.75 Å². The zero-order valence-electron chi connectivity index (χ0n) is 13.2. The fraction of sp³-hybridized carbons (Fsp3) is 0.167. The highest BCUT2D eigenvalue weighted by molar-refractivity contribution is 7.09. The van der Waals surface area contributed by atoms with E-state index in [0.717, 1.165) is 16.2 Å². The Morgan fingerprint density at radius 1 is 1.25 bits per heavy atom. The standard InChI is InChI=1S/C18H17ClN2O2S/c1-23-17-7-3-2-5-13(17)11-21(12-15-6-4-8-24-15)18(22)16-9-14(19)10-20-16/h2-10,20H,11-12H2,1H3. The van der Waals surface area contributed by atoms with Crippen LogP contribution in [0.3, 0.4) is 0 Å². The minimum Gasteiger partial charge on any atom is -0.496 e. The van der Waals surface area contributed by atoms with Crippen molar-refractivity contribution in [1.82, 2.24) is 9.88 Å². The maximum absolute atomic E-state index is 12.9. The van der Waals surface area contributed by atoms with Crippen LogP contribution in [0.4, 0.5) is 0 Å². The fourth-order valence-corrected chi connectivity index (χ4v) is 3.37. The van der Waals surface area contributed by atoms with Gasteiger partial charge < -0.3 is 14.6 Å². The van der Waals surface area contributed by atoms with Crippen molar-refractivity contribution in [1.29, 1.82) is 0 Å². The van der Waals surface area contributed by atoms with E-state index >= 15 is 0 Å². The van der Waals surface area contributed by atoms with Crippen molar-refractivity contribution < 1.29 is 9.53 Å². The molecule has 0 saturated heterocycles. The van der Waals surface area contributed by atoms with Gasteiger partial charge in [-0.15, -0.1) is 11.3 Å². The highest BCUT2D eigenvalue weighted by atomic mass is 35.5. The Bertz CT molecular complexity index is 814. The van der Waals surface area contributed by atoms with Gasteiger partial charge in [-0.2, -0.15) is 0 Å². The average molecular weight is 361 g/mol. The highest BCUT2D eigenvalue weighted by Crippen LogP contribution is 2.23. The van der Waals surface area contributed by atoms with E-state index in [1.165, 1.54) is 0 Å². The molecule has 124 valence electrons. The van der Waals surface area contributed by atoms with Gasteiger partial charge in [-0.3, -0.25) is 4.79 Å².